The van der Waals surface area contributed by atoms with E-state index in [-0.39, 0.29) is 5.91 Å². The lowest BCUT2D eigenvalue weighted by molar-refractivity contribution is -0.131. The number of aryl methyl sites for hydroxylation is 1. The van der Waals surface area contributed by atoms with Crippen molar-refractivity contribution in [3.05, 3.63) is 137 Å². The van der Waals surface area contributed by atoms with Crippen LogP contribution in [0, 0.1) is 6.92 Å². The first kappa shape index (κ1) is 27.3. The lowest BCUT2D eigenvalue weighted by Crippen LogP contribution is -2.35. The lowest BCUT2D eigenvalue weighted by Gasteiger charge is -2.25. The molecule has 0 radical (unpaired) electrons. The second kappa shape index (κ2) is 13.7. The summed E-state index contributed by atoms with van der Waals surface area (Å²) in [6.07, 6.45) is 3.53. The number of hydrogen-bond donors (Lipinski definition) is 0. The predicted molar refractivity (Wildman–Crippen MR) is 160 cm³/mol. The summed E-state index contributed by atoms with van der Waals surface area (Å²) in [7, 11) is 0. The summed E-state index contributed by atoms with van der Waals surface area (Å²) < 4.78 is 10.3. The zero-order valence-corrected chi connectivity index (χ0v) is 23.6. The van der Waals surface area contributed by atoms with Gasteiger partial charge in [0, 0.05) is 44.0 Å². The first-order valence-electron chi connectivity index (χ1n) is 13.6. The average molecular weight is 551 g/mol. The van der Waals surface area contributed by atoms with Gasteiger partial charge in [0.25, 0.3) is 0 Å². The third kappa shape index (κ3) is 7.90. The van der Waals surface area contributed by atoms with Gasteiger partial charge in [-0.25, -0.2) is 4.98 Å². The van der Waals surface area contributed by atoms with Gasteiger partial charge < -0.3 is 14.2 Å². The van der Waals surface area contributed by atoms with E-state index < -0.39 is 0 Å². The van der Waals surface area contributed by atoms with E-state index in [0.29, 0.717) is 39.0 Å². The standard InChI is InChI=1S/C33H34N4O2S/c1-26-14-16-28(17-15-26)23-31-34-33(40-35-31)37(25-30-13-8-22-39-30)21-19-32(38)36(24-29-11-6-3-7-12-29)20-18-27-9-4-2-5-10-27/h2-17,22H,18-21,23-25H2,1H3. The van der Waals surface area contributed by atoms with E-state index in [4.69, 9.17) is 9.40 Å². The number of hydrogen-bond acceptors (Lipinski definition) is 6. The molecule has 0 spiro atoms. The topological polar surface area (TPSA) is 62.5 Å². The van der Waals surface area contributed by atoms with Gasteiger partial charge in [-0.15, -0.1) is 0 Å². The van der Waals surface area contributed by atoms with Crippen LogP contribution in [0.2, 0.25) is 0 Å². The van der Waals surface area contributed by atoms with Crippen LogP contribution in [0.3, 0.4) is 0 Å². The van der Waals surface area contributed by atoms with Crippen LogP contribution in [-0.2, 0) is 30.7 Å². The quantitative estimate of drug-likeness (QED) is 0.163. The van der Waals surface area contributed by atoms with E-state index >= 15 is 0 Å². The molecule has 3 aromatic carbocycles. The second-order valence-electron chi connectivity index (χ2n) is 9.94. The molecule has 0 aliphatic heterocycles. The second-order valence-corrected chi connectivity index (χ2v) is 10.7. The highest BCUT2D eigenvalue weighted by atomic mass is 32.1. The van der Waals surface area contributed by atoms with Crippen molar-refractivity contribution in [2.75, 3.05) is 18.0 Å². The van der Waals surface area contributed by atoms with Crippen LogP contribution in [-0.4, -0.2) is 33.3 Å². The smallest absolute Gasteiger partial charge is 0.224 e. The first-order chi connectivity index (χ1) is 19.6. The highest BCUT2D eigenvalue weighted by Gasteiger charge is 2.20. The Bertz CT molecular complexity index is 1450. The van der Waals surface area contributed by atoms with Crippen LogP contribution in [0.4, 0.5) is 5.13 Å². The van der Waals surface area contributed by atoms with Gasteiger partial charge in [-0.05, 0) is 42.2 Å². The molecule has 0 unspecified atom stereocenters. The minimum Gasteiger partial charge on any atom is -0.467 e. The molecule has 0 aliphatic rings. The largest absolute Gasteiger partial charge is 0.467 e. The third-order valence-electron chi connectivity index (χ3n) is 6.82. The molecule has 0 saturated heterocycles. The van der Waals surface area contributed by atoms with Crippen molar-refractivity contribution < 1.29 is 9.21 Å². The SMILES string of the molecule is Cc1ccc(Cc2nsc(N(CCC(=O)N(CCc3ccccc3)Cc3ccccc3)Cc3ccco3)n2)cc1. The number of amides is 1. The fourth-order valence-corrected chi connectivity index (χ4v) is 5.27. The van der Waals surface area contributed by atoms with Crippen molar-refractivity contribution in [2.24, 2.45) is 0 Å². The van der Waals surface area contributed by atoms with Crippen molar-refractivity contribution in [3.8, 4) is 0 Å². The molecule has 40 heavy (non-hydrogen) atoms. The molecular formula is C33H34N4O2S. The molecule has 0 bridgehead atoms. The first-order valence-corrected chi connectivity index (χ1v) is 14.4. The third-order valence-corrected chi connectivity index (χ3v) is 7.63. The average Bonchev–Trinajstić information content (AvgIpc) is 3.68. The Hall–Kier alpha value is -4.23. The molecule has 1 amide bonds. The Morgan fingerprint density at radius 2 is 1.52 bits per heavy atom. The van der Waals surface area contributed by atoms with E-state index in [9.17, 15) is 4.79 Å². The van der Waals surface area contributed by atoms with Crippen LogP contribution < -0.4 is 4.90 Å². The summed E-state index contributed by atoms with van der Waals surface area (Å²) in [5, 5.41) is 0.796. The minimum atomic E-state index is 0.119. The van der Waals surface area contributed by atoms with E-state index in [0.717, 1.165) is 28.7 Å². The minimum absolute atomic E-state index is 0.119. The summed E-state index contributed by atoms with van der Waals surface area (Å²) in [6, 6.07) is 32.8. The van der Waals surface area contributed by atoms with Gasteiger partial charge in [0.15, 0.2) is 0 Å². The number of nitrogens with zero attached hydrogens (tertiary/aromatic N) is 4. The van der Waals surface area contributed by atoms with Crippen LogP contribution >= 0.6 is 11.5 Å². The van der Waals surface area contributed by atoms with E-state index in [1.54, 1.807) is 6.26 Å². The van der Waals surface area contributed by atoms with Crippen molar-refractivity contribution in [3.63, 3.8) is 0 Å². The maximum atomic E-state index is 13.6. The molecule has 5 rings (SSSR count). The van der Waals surface area contributed by atoms with Crippen molar-refractivity contribution in [2.45, 2.75) is 39.3 Å². The highest BCUT2D eigenvalue weighted by molar-refractivity contribution is 7.09. The predicted octanol–water partition coefficient (Wildman–Crippen LogP) is 6.70. The summed E-state index contributed by atoms with van der Waals surface area (Å²) >= 11 is 1.37. The maximum Gasteiger partial charge on any atom is 0.224 e. The number of furan rings is 1. The molecule has 2 aromatic heterocycles. The van der Waals surface area contributed by atoms with Gasteiger partial charge in [0.05, 0.1) is 12.8 Å². The van der Waals surface area contributed by atoms with Crippen LogP contribution in [0.1, 0.15) is 40.3 Å². The molecule has 0 fully saturated rings. The number of aromatic nitrogens is 2. The number of anilines is 1. The fraction of sp³-hybridized carbons (Fsp3) is 0.242. The zero-order chi connectivity index (χ0) is 27.6. The Labute approximate surface area is 240 Å². The summed E-state index contributed by atoms with van der Waals surface area (Å²) in [5.74, 6) is 1.73. The van der Waals surface area contributed by atoms with E-state index in [2.05, 4.69) is 64.7 Å². The van der Waals surface area contributed by atoms with Crippen LogP contribution in [0.5, 0.6) is 0 Å². The van der Waals surface area contributed by atoms with Gasteiger partial charge in [-0.2, -0.15) is 4.37 Å². The summed E-state index contributed by atoms with van der Waals surface area (Å²) in [4.78, 5) is 22.5. The van der Waals surface area contributed by atoms with Crippen molar-refractivity contribution >= 4 is 22.6 Å². The van der Waals surface area contributed by atoms with E-state index in [1.807, 2.05) is 53.4 Å². The molecule has 0 N–H and O–H groups in total. The molecule has 0 atom stereocenters. The van der Waals surface area contributed by atoms with Crippen LogP contribution in [0.25, 0.3) is 0 Å². The number of rotatable bonds is 13. The molecule has 2 heterocycles. The number of carbonyl (C=O) groups excluding carboxylic acids is 1. The molecule has 0 aliphatic carbocycles. The van der Waals surface area contributed by atoms with Gasteiger partial charge >= 0.3 is 0 Å². The Morgan fingerprint density at radius 1 is 0.800 bits per heavy atom. The molecule has 7 heteroatoms. The lowest BCUT2D eigenvalue weighted by atomic mass is 10.1. The molecule has 6 nitrogen and oxygen atoms in total. The van der Waals surface area contributed by atoms with E-state index in [1.165, 1.54) is 28.2 Å². The normalized spacial score (nSPS) is 10.9. The summed E-state index contributed by atoms with van der Waals surface area (Å²) in [5.41, 5.74) is 4.76. The Morgan fingerprint density at radius 3 is 2.23 bits per heavy atom. The van der Waals surface area contributed by atoms with Crippen molar-refractivity contribution in [1.29, 1.82) is 0 Å². The van der Waals surface area contributed by atoms with Gasteiger partial charge in [-0.3, -0.25) is 4.79 Å². The number of benzene rings is 3. The monoisotopic (exact) mass is 550 g/mol. The van der Waals surface area contributed by atoms with Crippen molar-refractivity contribution in [1.82, 2.24) is 14.3 Å². The summed E-state index contributed by atoms with van der Waals surface area (Å²) in [6.45, 7) is 4.39. The van der Waals surface area contributed by atoms with Gasteiger partial charge in [-0.1, -0.05) is 90.5 Å². The fourth-order valence-electron chi connectivity index (χ4n) is 4.56. The van der Waals surface area contributed by atoms with Crippen LogP contribution in [0.15, 0.2) is 108 Å². The molecule has 5 aromatic rings. The molecular weight excluding hydrogens is 516 g/mol. The highest BCUT2D eigenvalue weighted by Crippen LogP contribution is 2.22. The molecule has 204 valence electrons. The van der Waals surface area contributed by atoms with Gasteiger partial charge in [0.2, 0.25) is 11.0 Å². The number of carbonyl (C=O) groups is 1. The zero-order valence-electron chi connectivity index (χ0n) is 22.8. The van der Waals surface area contributed by atoms with Gasteiger partial charge in [0.1, 0.15) is 11.6 Å². The molecule has 0 saturated carbocycles. The Balaban J connectivity index is 1.28. The maximum absolute atomic E-state index is 13.6. The Kier molecular flexibility index (Phi) is 9.37.